The van der Waals surface area contributed by atoms with E-state index in [2.05, 4.69) is 42.2 Å². The van der Waals surface area contributed by atoms with Gasteiger partial charge in [0.15, 0.2) is 6.61 Å². The van der Waals surface area contributed by atoms with E-state index in [-0.39, 0.29) is 23.3 Å². The average molecular weight is 770 g/mol. The maximum absolute atomic E-state index is 14.0. The fourth-order valence-electron chi connectivity index (χ4n) is 5.00. The number of imide groups is 1. The van der Waals surface area contributed by atoms with Crippen molar-refractivity contribution >= 4 is 107 Å². The molecule has 4 aromatic rings. The highest BCUT2D eigenvalue weighted by atomic mass is 79.9. The van der Waals surface area contributed by atoms with Crippen molar-refractivity contribution in [1.82, 2.24) is 4.98 Å². The van der Waals surface area contributed by atoms with Gasteiger partial charge < -0.3 is 15.0 Å². The van der Waals surface area contributed by atoms with Crippen molar-refractivity contribution in [2.45, 2.75) is 16.2 Å². The number of fused-ring (bicyclic) bond motifs is 2. The summed E-state index contributed by atoms with van der Waals surface area (Å²) >= 11 is 21.1. The van der Waals surface area contributed by atoms with E-state index in [0.717, 1.165) is 15.8 Å². The third kappa shape index (κ3) is 5.56. The molecule has 0 radical (unpaired) electrons. The predicted octanol–water partition coefficient (Wildman–Crippen LogP) is 7.08. The van der Waals surface area contributed by atoms with Gasteiger partial charge in [-0.05, 0) is 60.7 Å². The highest BCUT2D eigenvalue weighted by Gasteiger charge is 2.56. The largest absolute Gasteiger partial charge is 0.483 e. The lowest BCUT2D eigenvalue weighted by atomic mass is 9.82. The number of amides is 3. The van der Waals surface area contributed by atoms with E-state index in [0.29, 0.717) is 47.1 Å². The van der Waals surface area contributed by atoms with Crippen LogP contribution in [0.1, 0.15) is 16.4 Å². The third-order valence-corrected chi connectivity index (χ3v) is 10.9. The summed E-state index contributed by atoms with van der Waals surface area (Å²) in [5, 5.41) is 3.14. The van der Waals surface area contributed by atoms with Gasteiger partial charge in [0.2, 0.25) is 11.8 Å². The first kappa shape index (κ1) is 29.5. The van der Waals surface area contributed by atoms with Gasteiger partial charge in [-0.2, -0.15) is 0 Å². The SMILES string of the molecule is O=C(COc1ccc(Br)cc1[C@H]1c2sc(=O)[nH]c2SC2C(=O)N(c3ccc(Br)cc3)C(=O)C21)Nc1ccc(Cl)c(Cl)c1. The van der Waals surface area contributed by atoms with E-state index >= 15 is 0 Å². The smallest absolute Gasteiger partial charge is 0.305 e. The zero-order chi connectivity index (χ0) is 29.7. The molecule has 2 aliphatic rings. The van der Waals surface area contributed by atoms with Crippen LogP contribution in [0.25, 0.3) is 0 Å². The Kier molecular flexibility index (Phi) is 8.29. The number of thioether (sulfide) groups is 1. The van der Waals surface area contributed by atoms with E-state index in [4.69, 9.17) is 27.9 Å². The molecule has 214 valence electrons. The molecule has 2 unspecified atom stereocenters. The number of nitrogens with one attached hydrogen (secondary N) is 2. The summed E-state index contributed by atoms with van der Waals surface area (Å²) in [4.78, 5) is 57.3. The minimum absolute atomic E-state index is 0.291. The number of carbonyl (C=O) groups is 3. The minimum Gasteiger partial charge on any atom is -0.483 e. The number of hydrogen-bond donors (Lipinski definition) is 2. The van der Waals surface area contributed by atoms with Crippen LogP contribution in [0, 0.1) is 5.92 Å². The number of nitrogens with zero attached hydrogens (tertiary/aromatic N) is 1. The summed E-state index contributed by atoms with van der Waals surface area (Å²) in [6.07, 6.45) is 0. The van der Waals surface area contributed by atoms with Crippen LogP contribution in [-0.2, 0) is 14.4 Å². The molecule has 0 saturated carbocycles. The van der Waals surface area contributed by atoms with Gasteiger partial charge in [-0.3, -0.25) is 19.2 Å². The molecule has 3 atom stereocenters. The Morgan fingerprint density at radius 1 is 0.952 bits per heavy atom. The summed E-state index contributed by atoms with van der Waals surface area (Å²) in [6, 6.07) is 16.9. The summed E-state index contributed by atoms with van der Waals surface area (Å²) in [5.41, 5.74) is 1.48. The number of carbonyl (C=O) groups excluding carboxylic acids is 3. The molecule has 2 aliphatic heterocycles. The molecule has 2 N–H and O–H groups in total. The Morgan fingerprint density at radius 2 is 1.69 bits per heavy atom. The molecule has 14 heteroatoms. The number of thiazole rings is 1. The topological polar surface area (TPSA) is 109 Å². The first-order valence-corrected chi connectivity index (χ1v) is 16.3. The Morgan fingerprint density at radius 3 is 2.43 bits per heavy atom. The van der Waals surface area contributed by atoms with E-state index in [1.54, 1.807) is 54.6 Å². The quantitative estimate of drug-likeness (QED) is 0.203. The summed E-state index contributed by atoms with van der Waals surface area (Å²) < 4.78 is 7.51. The second-order valence-corrected chi connectivity index (χ2v) is 14.2. The van der Waals surface area contributed by atoms with Crippen molar-refractivity contribution in [2.75, 3.05) is 16.8 Å². The van der Waals surface area contributed by atoms with Gasteiger partial charge in [0.05, 0.1) is 26.7 Å². The molecule has 1 fully saturated rings. The van der Waals surface area contributed by atoms with Crippen molar-refractivity contribution in [3.8, 4) is 5.75 Å². The minimum atomic E-state index is -0.813. The standard InChI is InChI=1S/C28H17Br2Cl2N3O5S2/c29-12-1-5-15(6-2-12)35-26(37)22-21(23-25(34-28(39)42-23)41-24(22)27(35)38)16-9-13(30)3-8-19(16)40-11-20(36)33-14-4-7-17(31)18(32)10-14/h1-10,21-22,24H,11H2,(H,33,36)(H,34,39)/t21-,22?,24?/m1/s1. The van der Waals surface area contributed by atoms with Gasteiger partial charge in [-0.25, -0.2) is 4.90 Å². The molecule has 1 saturated heterocycles. The highest BCUT2D eigenvalue weighted by molar-refractivity contribution is 9.10. The second-order valence-electron chi connectivity index (χ2n) is 9.39. The molecule has 1 aromatic heterocycles. The van der Waals surface area contributed by atoms with Crippen molar-refractivity contribution in [3.05, 3.63) is 99.8 Å². The molecule has 42 heavy (non-hydrogen) atoms. The number of hydrogen-bond acceptors (Lipinski definition) is 7. The van der Waals surface area contributed by atoms with Gasteiger partial charge >= 0.3 is 4.87 Å². The number of rotatable bonds is 6. The maximum Gasteiger partial charge on any atom is 0.305 e. The van der Waals surface area contributed by atoms with Crippen LogP contribution in [0.3, 0.4) is 0 Å². The summed E-state index contributed by atoms with van der Waals surface area (Å²) in [5.74, 6) is -2.34. The Hall–Kier alpha value is -2.61. The van der Waals surface area contributed by atoms with E-state index in [9.17, 15) is 19.2 Å². The Bertz CT molecular complexity index is 1810. The summed E-state index contributed by atoms with van der Waals surface area (Å²) in [7, 11) is 0. The number of benzene rings is 3. The molecule has 6 rings (SSSR count). The highest BCUT2D eigenvalue weighted by Crippen LogP contribution is 2.54. The van der Waals surface area contributed by atoms with Crippen molar-refractivity contribution in [3.63, 3.8) is 0 Å². The van der Waals surface area contributed by atoms with Gasteiger partial charge in [-0.15, -0.1) is 0 Å². The monoisotopic (exact) mass is 767 g/mol. The normalized spacial score (nSPS) is 19.4. The third-order valence-electron chi connectivity index (χ3n) is 6.78. The van der Waals surface area contributed by atoms with E-state index in [1.165, 1.54) is 22.7 Å². The van der Waals surface area contributed by atoms with Crippen LogP contribution in [0.2, 0.25) is 10.0 Å². The van der Waals surface area contributed by atoms with Crippen LogP contribution in [0.4, 0.5) is 11.4 Å². The number of H-pyrrole nitrogens is 1. The van der Waals surface area contributed by atoms with Crippen LogP contribution in [-0.4, -0.2) is 34.6 Å². The lowest BCUT2D eigenvalue weighted by Crippen LogP contribution is -2.32. The molecule has 3 aromatic carbocycles. The fraction of sp³-hybridized carbons (Fsp3) is 0.143. The van der Waals surface area contributed by atoms with Crippen molar-refractivity contribution in [2.24, 2.45) is 5.92 Å². The number of ether oxygens (including phenoxy) is 1. The first-order valence-electron chi connectivity index (χ1n) is 12.3. The van der Waals surface area contributed by atoms with Gasteiger partial charge in [0, 0.05) is 31.0 Å². The van der Waals surface area contributed by atoms with E-state index < -0.39 is 23.0 Å². The number of anilines is 2. The zero-order valence-corrected chi connectivity index (χ0v) is 27.3. The zero-order valence-electron chi connectivity index (χ0n) is 21.0. The summed E-state index contributed by atoms with van der Waals surface area (Å²) in [6.45, 7) is -0.349. The predicted molar refractivity (Wildman–Crippen MR) is 171 cm³/mol. The molecule has 0 bridgehead atoms. The number of halogens is 4. The molecular weight excluding hydrogens is 753 g/mol. The molecule has 0 aliphatic carbocycles. The van der Waals surface area contributed by atoms with Gasteiger partial charge in [0.1, 0.15) is 11.0 Å². The molecular formula is C28H17Br2Cl2N3O5S2. The Balaban J connectivity index is 1.35. The van der Waals surface area contributed by atoms with Crippen molar-refractivity contribution in [1.29, 1.82) is 0 Å². The van der Waals surface area contributed by atoms with Crippen LogP contribution >= 0.6 is 78.2 Å². The second kappa shape index (κ2) is 11.8. The first-order chi connectivity index (χ1) is 20.1. The average Bonchev–Trinajstić information content (AvgIpc) is 3.44. The lowest BCUT2D eigenvalue weighted by molar-refractivity contribution is -0.122. The van der Waals surface area contributed by atoms with Crippen LogP contribution in [0.5, 0.6) is 5.75 Å². The van der Waals surface area contributed by atoms with Crippen LogP contribution < -0.4 is 19.8 Å². The maximum atomic E-state index is 14.0. The van der Waals surface area contributed by atoms with E-state index in [1.807, 2.05) is 0 Å². The number of aromatic nitrogens is 1. The molecule has 8 nitrogen and oxygen atoms in total. The Labute approximate surface area is 274 Å². The fourth-order valence-corrected chi connectivity index (χ4v) is 8.45. The van der Waals surface area contributed by atoms with Crippen molar-refractivity contribution < 1.29 is 19.1 Å². The van der Waals surface area contributed by atoms with Gasteiger partial charge in [-0.1, -0.05) is 78.2 Å². The molecule has 3 heterocycles. The number of aromatic amines is 1. The lowest BCUT2D eigenvalue weighted by Gasteiger charge is -2.31. The van der Waals surface area contributed by atoms with Crippen LogP contribution in [0.15, 0.2) is 79.4 Å². The molecule has 0 spiro atoms. The molecule has 3 amide bonds. The van der Waals surface area contributed by atoms with Gasteiger partial charge in [0.25, 0.3) is 5.91 Å².